The van der Waals surface area contributed by atoms with Gasteiger partial charge in [-0.25, -0.2) is 28.7 Å². The Morgan fingerprint density at radius 2 is 2.07 bits per heavy atom. The number of carbonyl (C=O) groups is 1. The second-order valence-corrected chi connectivity index (χ2v) is 11.8. The van der Waals surface area contributed by atoms with Crippen molar-refractivity contribution in [1.29, 1.82) is 0 Å². The number of alkyl halides is 1. The molecule has 4 heterocycles. The lowest BCUT2D eigenvalue weighted by Gasteiger charge is -2.40. The molecule has 218 valence electrons. The maximum absolute atomic E-state index is 15.4. The van der Waals surface area contributed by atoms with Gasteiger partial charge in [0.25, 0.3) is 0 Å². The summed E-state index contributed by atoms with van der Waals surface area (Å²) in [6.07, 6.45) is 9.32. The average molecular weight is 594 g/mol. The molecule has 0 spiro atoms. The van der Waals surface area contributed by atoms with Gasteiger partial charge in [0.1, 0.15) is 35.6 Å². The number of carbonyl (C=O) groups excluding carboxylic acids is 1. The highest BCUT2D eigenvalue weighted by Crippen LogP contribution is 2.47. The molecule has 3 aromatic heterocycles. The standard InChI is InChI=1S/C29H29F2N7O3S/c1-28(8-6-24(39)38(2)3)16-29(17-30,37-27(32)42-28)21-13-19(4-5-22(21)31)36-26-25-18(7-9-34-26)12-20(14-35-25)41-15-23-33-10-11-40-23/h4-14H,15-17H2,1-3H3,(H2,32,37)(H,34,36)/b8-6+/t28-,29+/m0/s1. The normalized spacial score (nSPS) is 20.5. The Morgan fingerprint density at radius 3 is 2.81 bits per heavy atom. The molecular formula is C29H29F2N7O3S. The Bertz CT molecular complexity index is 1660. The van der Waals surface area contributed by atoms with Crippen LogP contribution in [0.4, 0.5) is 20.3 Å². The van der Waals surface area contributed by atoms with Crippen molar-refractivity contribution in [1.82, 2.24) is 19.9 Å². The number of oxazole rings is 1. The van der Waals surface area contributed by atoms with Crippen molar-refractivity contribution < 1.29 is 22.7 Å². The summed E-state index contributed by atoms with van der Waals surface area (Å²) >= 11 is 1.20. The Labute approximate surface area is 245 Å². The number of nitrogens with zero attached hydrogens (tertiary/aromatic N) is 5. The minimum absolute atomic E-state index is 0.0345. The molecule has 0 fully saturated rings. The molecule has 1 amide bonds. The molecular weight excluding hydrogens is 564 g/mol. The van der Waals surface area contributed by atoms with Crippen molar-refractivity contribution >= 4 is 45.2 Å². The van der Waals surface area contributed by atoms with Crippen LogP contribution in [-0.2, 0) is 16.9 Å². The van der Waals surface area contributed by atoms with Gasteiger partial charge in [0.2, 0.25) is 11.8 Å². The molecule has 5 rings (SSSR count). The molecule has 0 aliphatic carbocycles. The van der Waals surface area contributed by atoms with Gasteiger partial charge in [0.15, 0.2) is 17.6 Å². The van der Waals surface area contributed by atoms with Gasteiger partial charge in [0.05, 0.1) is 12.4 Å². The number of aromatic nitrogens is 3. The number of hydrogen-bond donors (Lipinski definition) is 2. The number of thioether (sulfide) groups is 1. The van der Waals surface area contributed by atoms with Crippen LogP contribution in [0.1, 0.15) is 24.8 Å². The van der Waals surface area contributed by atoms with Gasteiger partial charge >= 0.3 is 0 Å². The Kier molecular flexibility index (Phi) is 8.12. The van der Waals surface area contributed by atoms with Gasteiger partial charge in [-0.05, 0) is 43.7 Å². The number of nitrogens with one attached hydrogen (secondary N) is 1. The summed E-state index contributed by atoms with van der Waals surface area (Å²) in [6.45, 7) is 0.972. The van der Waals surface area contributed by atoms with Crippen LogP contribution in [0, 0.1) is 5.82 Å². The zero-order chi connectivity index (χ0) is 29.9. The van der Waals surface area contributed by atoms with Gasteiger partial charge in [-0.3, -0.25) is 4.79 Å². The maximum atomic E-state index is 15.4. The lowest BCUT2D eigenvalue weighted by Crippen LogP contribution is -2.43. The summed E-state index contributed by atoms with van der Waals surface area (Å²) in [4.78, 5) is 30.9. The summed E-state index contributed by atoms with van der Waals surface area (Å²) < 4.78 is 40.3. The third kappa shape index (κ3) is 6.20. The van der Waals surface area contributed by atoms with E-state index in [4.69, 9.17) is 14.9 Å². The predicted octanol–water partition coefficient (Wildman–Crippen LogP) is 5.10. The number of rotatable bonds is 9. The number of amides is 1. The summed E-state index contributed by atoms with van der Waals surface area (Å²) in [5.41, 5.74) is 5.58. The van der Waals surface area contributed by atoms with E-state index in [2.05, 4.69) is 25.3 Å². The molecule has 1 aliphatic heterocycles. The first-order chi connectivity index (χ1) is 20.1. The Balaban J connectivity index is 1.43. The van der Waals surface area contributed by atoms with Crippen molar-refractivity contribution in [2.45, 2.75) is 30.2 Å². The SMILES string of the molecule is CN(C)C(=O)/C=C/[C@@]1(C)C[C@@](CF)(c2cc(Nc3nccc4cc(OCc5ncco5)cnc34)ccc2F)N=C(N)S1. The summed E-state index contributed by atoms with van der Waals surface area (Å²) in [5.74, 6) is 0.503. The second-order valence-electron chi connectivity index (χ2n) is 10.2. The van der Waals surface area contributed by atoms with Crippen molar-refractivity contribution in [3.63, 3.8) is 0 Å². The fourth-order valence-corrected chi connectivity index (χ4v) is 5.84. The van der Waals surface area contributed by atoms with E-state index in [1.165, 1.54) is 53.4 Å². The highest BCUT2D eigenvalue weighted by Gasteiger charge is 2.45. The average Bonchev–Trinajstić information content (AvgIpc) is 3.49. The number of halogens is 2. The molecule has 3 N–H and O–H groups in total. The van der Waals surface area contributed by atoms with Crippen LogP contribution in [-0.4, -0.2) is 56.4 Å². The minimum atomic E-state index is -1.60. The van der Waals surface area contributed by atoms with Crippen LogP contribution < -0.4 is 15.8 Å². The second kappa shape index (κ2) is 11.8. The van der Waals surface area contributed by atoms with Gasteiger partial charge < -0.3 is 25.1 Å². The molecule has 13 heteroatoms. The maximum Gasteiger partial charge on any atom is 0.245 e. The first-order valence-corrected chi connectivity index (χ1v) is 13.8. The van der Waals surface area contributed by atoms with E-state index in [0.29, 0.717) is 28.7 Å². The lowest BCUT2D eigenvalue weighted by atomic mass is 9.82. The third-order valence-electron chi connectivity index (χ3n) is 6.70. The van der Waals surface area contributed by atoms with Crippen LogP contribution in [0.3, 0.4) is 0 Å². The Morgan fingerprint density at radius 1 is 1.24 bits per heavy atom. The van der Waals surface area contributed by atoms with Gasteiger partial charge in [0, 0.05) is 47.8 Å². The van der Waals surface area contributed by atoms with Crippen LogP contribution >= 0.6 is 11.8 Å². The number of ether oxygens (including phenoxy) is 1. The summed E-state index contributed by atoms with van der Waals surface area (Å²) in [6, 6.07) is 7.87. The molecule has 0 unspecified atom stereocenters. The van der Waals surface area contributed by atoms with E-state index in [9.17, 15) is 9.18 Å². The number of anilines is 2. The highest BCUT2D eigenvalue weighted by molar-refractivity contribution is 8.15. The first-order valence-electron chi connectivity index (χ1n) is 12.9. The monoisotopic (exact) mass is 593 g/mol. The van der Waals surface area contributed by atoms with E-state index in [-0.39, 0.29) is 29.7 Å². The molecule has 2 atom stereocenters. The molecule has 4 aromatic rings. The smallest absolute Gasteiger partial charge is 0.245 e. The lowest BCUT2D eigenvalue weighted by molar-refractivity contribution is -0.123. The Hall–Kier alpha value is -4.52. The molecule has 0 saturated carbocycles. The number of hydrogen-bond acceptors (Lipinski definition) is 10. The first kappa shape index (κ1) is 29.0. The topological polar surface area (TPSA) is 132 Å². The van der Waals surface area contributed by atoms with E-state index in [1.54, 1.807) is 44.7 Å². The fourth-order valence-electron chi connectivity index (χ4n) is 4.70. The number of fused-ring (bicyclic) bond motifs is 1. The predicted molar refractivity (Wildman–Crippen MR) is 158 cm³/mol. The summed E-state index contributed by atoms with van der Waals surface area (Å²) in [7, 11) is 3.26. The quantitative estimate of drug-likeness (QED) is 0.255. The molecule has 10 nitrogen and oxygen atoms in total. The number of pyridine rings is 2. The van der Waals surface area contributed by atoms with Crippen molar-refractivity contribution in [2.75, 3.05) is 26.1 Å². The van der Waals surface area contributed by atoms with Crippen molar-refractivity contribution in [2.24, 2.45) is 10.7 Å². The molecule has 1 aromatic carbocycles. The number of nitrogens with two attached hydrogens (primary N) is 1. The highest BCUT2D eigenvalue weighted by atomic mass is 32.2. The zero-order valence-corrected chi connectivity index (χ0v) is 24.0. The van der Waals surface area contributed by atoms with E-state index in [1.807, 2.05) is 6.92 Å². The molecule has 42 heavy (non-hydrogen) atoms. The van der Waals surface area contributed by atoms with Gasteiger partial charge in [-0.1, -0.05) is 17.8 Å². The van der Waals surface area contributed by atoms with E-state index in [0.717, 1.165) is 5.39 Å². The van der Waals surface area contributed by atoms with E-state index >= 15 is 4.39 Å². The third-order valence-corrected chi connectivity index (χ3v) is 7.74. The minimum Gasteiger partial charge on any atom is -0.482 e. The van der Waals surface area contributed by atoms with Gasteiger partial charge in [-0.15, -0.1) is 0 Å². The molecule has 0 radical (unpaired) electrons. The number of likely N-dealkylation sites (N-methyl/N-ethyl adjacent to an activating group) is 1. The number of aliphatic imine (C=N–C) groups is 1. The van der Waals surface area contributed by atoms with Crippen LogP contribution in [0.2, 0.25) is 0 Å². The van der Waals surface area contributed by atoms with Crippen LogP contribution in [0.25, 0.3) is 10.9 Å². The molecule has 0 bridgehead atoms. The number of benzene rings is 1. The van der Waals surface area contributed by atoms with Crippen molar-refractivity contribution in [3.8, 4) is 5.75 Å². The zero-order valence-electron chi connectivity index (χ0n) is 23.2. The number of amidine groups is 1. The summed E-state index contributed by atoms with van der Waals surface area (Å²) in [5, 5.41) is 4.02. The van der Waals surface area contributed by atoms with E-state index < -0.39 is 22.8 Å². The van der Waals surface area contributed by atoms with Crippen LogP contribution in [0.5, 0.6) is 5.75 Å². The van der Waals surface area contributed by atoms with Gasteiger partial charge in [-0.2, -0.15) is 0 Å². The largest absolute Gasteiger partial charge is 0.482 e. The molecule has 0 saturated heterocycles. The molecule has 1 aliphatic rings. The fraction of sp³-hybridized carbons (Fsp3) is 0.276. The van der Waals surface area contributed by atoms with Crippen LogP contribution in [0.15, 0.2) is 76.7 Å². The van der Waals surface area contributed by atoms with Crippen molar-refractivity contribution in [3.05, 3.63) is 84.6 Å².